The van der Waals surface area contributed by atoms with Crippen molar-refractivity contribution in [1.82, 2.24) is 9.36 Å². The molecule has 1 aromatic heterocycles. The molecule has 0 spiro atoms. The van der Waals surface area contributed by atoms with Crippen LogP contribution >= 0.6 is 0 Å². The largest absolute Gasteiger partial charge is 0.489 e. The van der Waals surface area contributed by atoms with E-state index in [1.165, 1.54) is 16.8 Å². The Morgan fingerprint density at radius 1 is 1.06 bits per heavy atom. The lowest BCUT2D eigenvalue weighted by molar-refractivity contribution is -0.112. The quantitative estimate of drug-likeness (QED) is 0.304. The molecule has 0 fully saturated rings. The van der Waals surface area contributed by atoms with E-state index in [4.69, 9.17) is 4.74 Å². The van der Waals surface area contributed by atoms with Gasteiger partial charge in [0.2, 0.25) is 0 Å². The molecule has 0 saturated carbocycles. The van der Waals surface area contributed by atoms with Crippen LogP contribution in [-0.2, 0) is 18.4 Å². The Bertz CT molecular complexity index is 1530. The molecule has 0 unspecified atom stereocenters. The second kappa shape index (κ2) is 10.6. The van der Waals surface area contributed by atoms with E-state index >= 15 is 0 Å². The summed E-state index contributed by atoms with van der Waals surface area (Å²) >= 11 is 0. The minimum absolute atomic E-state index is 0.0741. The fourth-order valence-corrected chi connectivity index (χ4v) is 3.65. The highest BCUT2D eigenvalue weighted by molar-refractivity contribution is 6.09. The van der Waals surface area contributed by atoms with Gasteiger partial charge in [-0.2, -0.15) is 5.26 Å². The predicted molar refractivity (Wildman–Crippen MR) is 135 cm³/mol. The van der Waals surface area contributed by atoms with Gasteiger partial charge in [-0.15, -0.1) is 0 Å². The number of amides is 1. The van der Waals surface area contributed by atoms with Crippen molar-refractivity contribution in [2.75, 3.05) is 5.32 Å². The number of carbonyl (C=O) groups is 1. The van der Waals surface area contributed by atoms with Crippen LogP contribution in [-0.4, -0.2) is 15.3 Å². The number of benzene rings is 3. The average Bonchev–Trinajstić information content (AvgIpc) is 3.10. The van der Waals surface area contributed by atoms with E-state index in [0.29, 0.717) is 28.3 Å². The van der Waals surface area contributed by atoms with E-state index in [1.807, 2.05) is 24.3 Å². The van der Waals surface area contributed by atoms with E-state index in [1.54, 1.807) is 73.3 Å². The Morgan fingerprint density at radius 3 is 2.39 bits per heavy atom. The molecule has 0 saturated heterocycles. The number of anilines is 1. The van der Waals surface area contributed by atoms with Crippen LogP contribution in [0.5, 0.6) is 5.75 Å². The van der Waals surface area contributed by atoms with Crippen LogP contribution in [0.4, 0.5) is 10.1 Å². The monoisotopic (exact) mass is 482 g/mol. The molecular weight excluding hydrogens is 459 g/mol. The van der Waals surface area contributed by atoms with E-state index in [-0.39, 0.29) is 23.7 Å². The number of hydrogen-bond donors (Lipinski definition) is 1. The maximum Gasteiger partial charge on any atom is 0.295 e. The predicted octanol–water partition coefficient (Wildman–Crippen LogP) is 4.75. The average molecular weight is 483 g/mol. The first-order valence-electron chi connectivity index (χ1n) is 11.1. The Balaban J connectivity index is 1.50. The minimum atomic E-state index is -0.691. The van der Waals surface area contributed by atoms with Crippen LogP contribution < -0.4 is 15.6 Å². The summed E-state index contributed by atoms with van der Waals surface area (Å²) in [6, 6.07) is 24.0. The van der Waals surface area contributed by atoms with Crippen LogP contribution in [0.2, 0.25) is 0 Å². The highest BCUT2D eigenvalue weighted by Crippen LogP contribution is 2.19. The first-order chi connectivity index (χ1) is 17.4. The first kappa shape index (κ1) is 24.2. The second-order valence-corrected chi connectivity index (χ2v) is 8.01. The molecule has 0 aliphatic heterocycles. The van der Waals surface area contributed by atoms with E-state index in [9.17, 15) is 19.2 Å². The molecule has 0 radical (unpaired) electrons. The van der Waals surface area contributed by atoms with Crippen molar-refractivity contribution in [3.05, 3.63) is 117 Å². The van der Waals surface area contributed by atoms with Crippen LogP contribution in [0.1, 0.15) is 16.8 Å². The van der Waals surface area contributed by atoms with Crippen molar-refractivity contribution in [2.24, 2.45) is 7.05 Å². The number of rotatable bonds is 7. The number of hydrogen-bond acceptors (Lipinski definition) is 4. The topological polar surface area (TPSA) is 89.1 Å². The number of carbonyl (C=O) groups excluding carboxylic acids is 1. The molecule has 36 heavy (non-hydrogen) atoms. The lowest BCUT2D eigenvalue weighted by atomic mass is 10.1. The summed E-state index contributed by atoms with van der Waals surface area (Å²) in [5.74, 6) is -0.519. The smallest absolute Gasteiger partial charge is 0.295 e. The van der Waals surface area contributed by atoms with Crippen molar-refractivity contribution in [3.63, 3.8) is 0 Å². The Hall–Kier alpha value is -4.90. The fraction of sp³-hybridized carbons (Fsp3) is 0.107. The molecule has 0 aliphatic rings. The number of para-hydroxylation sites is 1. The van der Waals surface area contributed by atoms with Gasteiger partial charge in [0, 0.05) is 12.6 Å². The summed E-state index contributed by atoms with van der Waals surface area (Å²) in [7, 11) is 1.72. The zero-order valence-electron chi connectivity index (χ0n) is 19.7. The molecule has 0 aliphatic carbocycles. The highest BCUT2D eigenvalue weighted by Gasteiger charge is 2.20. The molecule has 1 heterocycles. The lowest BCUT2D eigenvalue weighted by Crippen LogP contribution is -2.23. The molecule has 3 aromatic carbocycles. The van der Waals surface area contributed by atoms with Gasteiger partial charge in [-0.1, -0.05) is 48.5 Å². The van der Waals surface area contributed by atoms with Crippen LogP contribution in [0.25, 0.3) is 11.8 Å². The number of aromatic nitrogens is 2. The van der Waals surface area contributed by atoms with Crippen LogP contribution in [0.3, 0.4) is 0 Å². The maximum absolute atomic E-state index is 13.8. The van der Waals surface area contributed by atoms with Gasteiger partial charge >= 0.3 is 0 Å². The number of ether oxygens (including phenoxy) is 1. The van der Waals surface area contributed by atoms with Gasteiger partial charge in [0.15, 0.2) is 0 Å². The molecule has 7 nitrogen and oxygen atoms in total. The standard InChI is InChI=1S/C28H23FN4O3/c1-19-26(28(35)33(32(19)2)23-9-4-3-5-10-23)31-27(34)22(17-30)16-20-12-14-24(15-13-20)36-18-21-8-6-7-11-25(21)29/h3-16H,18H2,1-2H3,(H,31,34)/b22-16+. The van der Waals surface area contributed by atoms with Crippen LogP contribution in [0.15, 0.2) is 89.2 Å². The molecule has 4 rings (SSSR count). The van der Waals surface area contributed by atoms with Gasteiger partial charge in [0.1, 0.15) is 35.5 Å². The molecule has 8 heteroatoms. The van der Waals surface area contributed by atoms with Gasteiger partial charge in [-0.05, 0) is 48.9 Å². The van der Waals surface area contributed by atoms with Gasteiger partial charge < -0.3 is 10.1 Å². The Kier molecular flexibility index (Phi) is 7.12. The van der Waals surface area contributed by atoms with Crippen LogP contribution in [0, 0.1) is 24.1 Å². The van der Waals surface area contributed by atoms with E-state index < -0.39 is 11.5 Å². The summed E-state index contributed by atoms with van der Waals surface area (Å²) < 4.78 is 22.5. The zero-order chi connectivity index (χ0) is 25.7. The van der Waals surface area contributed by atoms with Gasteiger partial charge in [-0.3, -0.25) is 14.3 Å². The summed E-state index contributed by atoms with van der Waals surface area (Å²) in [4.78, 5) is 25.9. The maximum atomic E-state index is 13.8. The lowest BCUT2D eigenvalue weighted by Gasteiger charge is -2.07. The minimum Gasteiger partial charge on any atom is -0.489 e. The fourth-order valence-electron chi connectivity index (χ4n) is 3.65. The van der Waals surface area contributed by atoms with Gasteiger partial charge in [0.05, 0.1) is 11.4 Å². The third-order valence-corrected chi connectivity index (χ3v) is 5.70. The molecule has 1 N–H and O–H groups in total. The second-order valence-electron chi connectivity index (χ2n) is 8.01. The third-order valence-electron chi connectivity index (χ3n) is 5.70. The number of halogens is 1. The molecular formula is C28H23FN4O3. The van der Waals surface area contributed by atoms with Crippen molar-refractivity contribution in [3.8, 4) is 17.5 Å². The van der Waals surface area contributed by atoms with Crippen molar-refractivity contribution in [1.29, 1.82) is 5.26 Å². The molecule has 4 aromatic rings. The Labute approximate surface area is 207 Å². The molecule has 0 atom stereocenters. The van der Waals surface area contributed by atoms with E-state index in [2.05, 4.69) is 5.32 Å². The molecule has 0 bridgehead atoms. The number of nitrogens with one attached hydrogen (secondary N) is 1. The highest BCUT2D eigenvalue weighted by atomic mass is 19.1. The summed E-state index contributed by atoms with van der Waals surface area (Å²) in [5.41, 5.74) is 1.77. The Morgan fingerprint density at radius 2 is 1.72 bits per heavy atom. The first-order valence-corrected chi connectivity index (χ1v) is 11.1. The SMILES string of the molecule is Cc1c(NC(=O)/C(C#N)=C/c2ccc(OCc3ccccc3F)cc2)c(=O)n(-c2ccccc2)n1C. The third kappa shape index (κ3) is 5.10. The van der Waals surface area contributed by atoms with E-state index in [0.717, 1.165) is 0 Å². The zero-order valence-corrected chi connectivity index (χ0v) is 19.7. The van der Waals surface area contributed by atoms with Gasteiger partial charge in [-0.25, -0.2) is 9.07 Å². The number of nitriles is 1. The van der Waals surface area contributed by atoms with Crippen molar-refractivity contribution >= 4 is 17.7 Å². The van der Waals surface area contributed by atoms with Crippen molar-refractivity contribution < 1.29 is 13.9 Å². The summed E-state index contributed by atoms with van der Waals surface area (Å²) in [5, 5.41) is 12.2. The molecule has 1 amide bonds. The van der Waals surface area contributed by atoms with Crippen molar-refractivity contribution in [2.45, 2.75) is 13.5 Å². The molecule has 180 valence electrons. The normalized spacial score (nSPS) is 11.1. The summed E-state index contributed by atoms with van der Waals surface area (Å²) in [6.45, 7) is 1.79. The number of nitrogens with zero attached hydrogens (tertiary/aromatic N) is 3. The summed E-state index contributed by atoms with van der Waals surface area (Å²) in [6.07, 6.45) is 1.42. The van der Waals surface area contributed by atoms with Gasteiger partial charge in [0.25, 0.3) is 11.5 Å².